The van der Waals surface area contributed by atoms with Gasteiger partial charge in [0.15, 0.2) is 0 Å². The summed E-state index contributed by atoms with van der Waals surface area (Å²) in [7, 11) is 0. The Bertz CT molecular complexity index is 152. The van der Waals surface area contributed by atoms with Crippen LogP contribution in [0.2, 0.25) is 0 Å². The lowest BCUT2D eigenvalue weighted by Crippen LogP contribution is -2.29. The highest BCUT2D eigenvalue weighted by atomic mass is 15.2. The van der Waals surface area contributed by atoms with Gasteiger partial charge >= 0.3 is 0 Å². The molecule has 2 aliphatic heterocycles. The van der Waals surface area contributed by atoms with Crippen molar-refractivity contribution in [1.29, 1.82) is 0 Å². The summed E-state index contributed by atoms with van der Waals surface area (Å²) in [6.45, 7) is 7.58. The Balaban J connectivity index is 1.66. The van der Waals surface area contributed by atoms with Gasteiger partial charge in [0.1, 0.15) is 0 Å². The third-order valence-electron chi connectivity index (χ3n) is 3.68. The lowest BCUT2D eigenvalue weighted by molar-refractivity contribution is 0.249. The van der Waals surface area contributed by atoms with Gasteiger partial charge in [-0.3, -0.25) is 0 Å². The Morgan fingerprint density at radius 1 is 1.38 bits per heavy atom. The third-order valence-corrected chi connectivity index (χ3v) is 3.68. The van der Waals surface area contributed by atoms with Crippen molar-refractivity contribution in [3.63, 3.8) is 0 Å². The van der Waals surface area contributed by atoms with E-state index in [4.69, 9.17) is 0 Å². The molecule has 2 fully saturated rings. The van der Waals surface area contributed by atoms with Gasteiger partial charge in [-0.2, -0.15) is 0 Å². The van der Waals surface area contributed by atoms with E-state index in [1.807, 2.05) is 0 Å². The van der Waals surface area contributed by atoms with Gasteiger partial charge in [0.05, 0.1) is 0 Å². The molecule has 2 atom stereocenters. The van der Waals surface area contributed by atoms with Crippen LogP contribution in [0.1, 0.15) is 32.6 Å². The highest BCUT2D eigenvalue weighted by Crippen LogP contribution is 2.19. The molecule has 2 rings (SSSR count). The van der Waals surface area contributed by atoms with Crippen LogP contribution in [0.25, 0.3) is 0 Å². The predicted octanol–water partition coefficient (Wildman–Crippen LogP) is 1.47. The summed E-state index contributed by atoms with van der Waals surface area (Å²) in [6, 6.07) is 0.856. The molecular formula is C11H22N2. The van der Waals surface area contributed by atoms with Gasteiger partial charge in [-0.15, -0.1) is 0 Å². The molecule has 2 heteroatoms. The normalized spacial score (nSPS) is 35.8. The Morgan fingerprint density at radius 3 is 2.92 bits per heavy atom. The van der Waals surface area contributed by atoms with E-state index in [1.54, 1.807) is 0 Å². The maximum Gasteiger partial charge on any atom is 0.00674 e. The van der Waals surface area contributed by atoms with E-state index in [0.717, 1.165) is 12.0 Å². The first kappa shape index (κ1) is 9.47. The molecule has 13 heavy (non-hydrogen) atoms. The number of rotatable bonds is 3. The van der Waals surface area contributed by atoms with Crippen molar-refractivity contribution in [2.45, 2.75) is 38.6 Å². The topological polar surface area (TPSA) is 15.3 Å². The molecular weight excluding hydrogens is 160 g/mol. The summed E-state index contributed by atoms with van der Waals surface area (Å²) < 4.78 is 0. The SMILES string of the molecule is CC1CCCN1CCC1CCNC1. The second-order valence-corrected chi connectivity index (χ2v) is 4.67. The second-order valence-electron chi connectivity index (χ2n) is 4.67. The Labute approximate surface area is 81.7 Å². The van der Waals surface area contributed by atoms with Crippen molar-refractivity contribution in [2.24, 2.45) is 5.92 Å². The zero-order valence-electron chi connectivity index (χ0n) is 8.76. The van der Waals surface area contributed by atoms with Crippen molar-refractivity contribution in [3.05, 3.63) is 0 Å². The maximum atomic E-state index is 3.44. The van der Waals surface area contributed by atoms with Crippen LogP contribution in [0.4, 0.5) is 0 Å². The van der Waals surface area contributed by atoms with E-state index in [9.17, 15) is 0 Å². The molecule has 0 saturated carbocycles. The van der Waals surface area contributed by atoms with Gasteiger partial charge in [-0.25, -0.2) is 0 Å². The van der Waals surface area contributed by atoms with Crippen LogP contribution in [-0.2, 0) is 0 Å². The fourth-order valence-electron chi connectivity index (χ4n) is 2.63. The molecule has 0 aliphatic carbocycles. The van der Waals surface area contributed by atoms with E-state index < -0.39 is 0 Å². The van der Waals surface area contributed by atoms with Crippen LogP contribution in [0.15, 0.2) is 0 Å². The van der Waals surface area contributed by atoms with Crippen molar-refractivity contribution in [2.75, 3.05) is 26.2 Å². The summed E-state index contributed by atoms with van der Waals surface area (Å²) in [6.07, 6.45) is 5.66. The molecule has 0 bridgehead atoms. The number of nitrogens with zero attached hydrogens (tertiary/aromatic N) is 1. The lowest BCUT2D eigenvalue weighted by Gasteiger charge is -2.22. The number of hydrogen-bond acceptors (Lipinski definition) is 2. The third kappa shape index (κ3) is 2.44. The summed E-state index contributed by atoms with van der Waals surface area (Å²) in [5, 5.41) is 3.44. The first-order chi connectivity index (χ1) is 6.36. The van der Waals surface area contributed by atoms with Crippen LogP contribution >= 0.6 is 0 Å². The fourth-order valence-corrected chi connectivity index (χ4v) is 2.63. The van der Waals surface area contributed by atoms with Crippen LogP contribution in [0.3, 0.4) is 0 Å². The first-order valence-electron chi connectivity index (χ1n) is 5.81. The zero-order chi connectivity index (χ0) is 9.10. The highest BCUT2D eigenvalue weighted by molar-refractivity contribution is 4.78. The minimum Gasteiger partial charge on any atom is -0.316 e. The summed E-state index contributed by atoms with van der Waals surface area (Å²) in [4.78, 5) is 2.66. The number of hydrogen-bond donors (Lipinski definition) is 1. The zero-order valence-corrected chi connectivity index (χ0v) is 8.76. The maximum absolute atomic E-state index is 3.44. The minimum absolute atomic E-state index is 0.856. The van der Waals surface area contributed by atoms with E-state index in [1.165, 1.54) is 51.9 Å². The van der Waals surface area contributed by atoms with Gasteiger partial charge in [0.2, 0.25) is 0 Å². The monoisotopic (exact) mass is 182 g/mol. The predicted molar refractivity (Wildman–Crippen MR) is 55.9 cm³/mol. The molecule has 0 radical (unpaired) electrons. The van der Waals surface area contributed by atoms with E-state index >= 15 is 0 Å². The summed E-state index contributed by atoms with van der Waals surface area (Å²) in [5.41, 5.74) is 0. The molecule has 2 unspecified atom stereocenters. The summed E-state index contributed by atoms with van der Waals surface area (Å²) in [5.74, 6) is 0.966. The minimum atomic E-state index is 0.856. The Hall–Kier alpha value is -0.0800. The van der Waals surface area contributed by atoms with Crippen molar-refractivity contribution in [1.82, 2.24) is 10.2 Å². The van der Waals surface area contributed by atoms with Gasteiger partial charge in [0, 0.05) is 6.04 Å². The molecule has 2 heterocycles. The molecule has 76 valence electrons. The summed E-state index contributed by atoms with van der Waals surface area (Å²) >= 11 is 0. The second kappa shape index (κ2) is 4.43. The lowest BCUT2D eigenvalue weighted by atomic mass is 10.0. The van der Waals surface area contributed by atoms with Crippen molar-refractivity contribution >= 4 is 0 Å². The van der Waals surface area contributed by atoms with Gasteiger partial charge in [0.25, 0.3) is 0 Å². The van der Waals surface area contributed by atoms with E-state index in [2.05, 4.69) is 17.1 Å². The van der Waals surface area contributed by atoms with Crippen molar-refractivity contribution in [3.8, 4) is 0 Å². The largest absolute Gasteiger partial charge is 0.316 e. The molecule has 0 aromatic heterocycles. The Morgan fingerprint density at radius 2 is 2.31 bits per heavy atom. The number of nitrogens with one attached hydrogen (secondary N) is 1. The average Bonchev–Trinajstić information content (AvgIpc) is 2.72. The highest BCUT2D eigenvalue weighted by Gasteiger charge is 2.21. The molecule has 0 amide bonds. The van der Waals surface area contributed by atoms with E-state index in [-0.39, 0.29) is 0 Å². The van der Waals surface area contributed by atoms with E-state index in [0.29, 0.717) is 0 Å². The molecule has 1 N–H and O–H groups in total. The standard InChI is InChI=1S/C11H22N2/c1-10-3-2-7-13(10)8-5-11-4-6-12-9-11/h10-12H,2-9H2,1H3. The van der Waals surface area contributed by atoms with Crippen LogP contribution < -0.4 is 5.32 Å². The van der Waals surface area contributed by atoms with Crippen LogP contribution in [0.5, 0.6) is 0 Å². The van der Waals surface area contributed by atoms with Crippen LogP contribution in [0, 0.1) is 5.92 Å². The molecule has 2 nitrogen and oxygen atoms in total. The fraction of sp³-hybridized carbons (Fsp3) is 1.00. The van der Waals surface area contributed by atoms with Crippen LogP contribution in [-0.4, -0.2) is 37.1 Å². The average molecular weight is 182 g/mol. The molecule has 0 aromatic carbocycles. The molecule has 2 aliphatic rings. The Kier molecular flexibility index (Phi) is 3.23. The molecule has 2 saturated heterocycles. The quantitative estimate of drug-likeness (QED) is 0.711. The van der Waals surface area contributed by atoms with Crippen molar-refractivity contribution < 1.29 is 0 Å². The van der Waals surface area contributed by atoms with Gasteiger partial charge in [-0.1, -0.05) is 0 Å². The first-order valence-corrected chi connectivity index (χ1v) is 5.81. The van der Waals surface area contributed by atoms with Gasteiger partial charge < -0.3 is 10.2 Å². The molecule has 0 spiro atoms. The smallest absolute Gasteiger partial charge is 0.00674 e. The number of likely N-dealkylation sites (tertiary alicyclic amines) is 1. The molecule has 0 aromatic rings. The van der Waals surface area contributed by atoms with Gasteiger partial charge in [-0.05, 0) is 64.7 Å².